The summed E-state index contributed by atoms with van der Waals surface area (Å²) in [6.07, 6.45) is 3.82. The summed E-state index contributed by atoms with van der Waals surface area (Å²) in [6, 6.07) is 36.8. The molecule has 0 fully saturated rings. The van der Waals surface area contributed by atoms with E-state index in [0.717, 1.165) is 74.4 Å². The molecule has 0 saturated heterocycles. The molecule has 3 heterocycles. The van der Waals surface area contributed by atoms with Gasteiger partial charge in [-0.15, -0.1) is 35.7 Å². The molecule has 47 heavy (non-hydrogen) atoms. The third-order valence-corrected chi connectivity index (χ3v) is 9.08. The summed E-state index contributed by atoms with van der Waals surface area (Å²) in [4.78, 5) is 4.76. The maximum Gasteiger partial charge on any atom is 2.00 e. The topological polar surface area (TPSA) is 44.9 Å². The molecule has 0 radical (unpaired) electrons. The van der Waals surface area contributed by atoms with Crippen LogP contribution < -0.4 is 4.74 Å². The van der Waals surface area contributed by atoms with Gasteiger partial charge < -0.3 is 9.30 Å². The molecule has 1 unspecified atom stereocenters. The van der Waals surface area contributed by atoms with Crippen LogP contribution in [0.4, 0.5) is 0 Å². The minimum atomic E-state index is 0. The van der Waals surface area contributed by atoms with Gasteiger partial charge in [-0.25, -0.2) is 4.98 Å². The predicted molar refractivity (Wildman–Crippen MR) is 188 cm³/mol. The van der Waals surface area contributed by atoms with Gasteiger partial charge >= 0.3 is 21.1 Å². The van der Waals surface area contributed by atoms with Gasteiger partial charge in [0.25, 0.3) is 0 Å². The van der Waals surface area contributed by atoms with Crippen LogP contribution in [0.15, 0.2) is 91.1 Å². The Morgan fingerprint density at radius 1 is 0.830 bits per heavy atom. The van der Waals surface area contributed by atoms with E-state index in [2.05, 4.69) is 125 Å². The molecule has 238 valence electrons. The molecule has 0 amide bonds. The number of rotatable bonds is 8. The molecule has 7 aromatic rings. The summed E-state index contributed by atoms with van der Waals surface area (Å²) in [5.74, 6) is 2.60. The van der Waals surface area contributed by atoms with Gasteiger partial charge in [-0.2, -0.15) is 16.7 Å². The number of nitrogens with zero attached hydrogens (tertiary/aromatic N) is 4. The van der Waals surface area contributed by atoms with Crippen LogP contribution in [0.5, 0.6) is 11.5 Å². The Labute approximate surface area is 291 Å². The monoisotopic (exact) mass is 797 g/mol. The summed E-state index contributed by atoms with van der Waals surface area (Å²) in [6.45, 7) is 12.9. The number of hydrogen-bond acceptors (Lipinski definition) is 3. The fourth-order valence-electron chi connectivity index (χ4n) is 6.40. The van der Waals surface area contributed by atoms with E-state index in [4.69, 9.17) is 14.8 Å². The average molecular weight is 798 g/mol. The van der Waals surface area contributed by atoms with Crippen molar-refractivity contribution in [2.45, 2.75) is 60.3 Å². The molecule has 0 aliphatic rings. The molecule has 4 aromatic carbocycles. The van der Waals surface area contributed by atoms with Crippen LogP contribution >= 0.6 is 0 Å². The first-order valence-electron chi connectivity index (χ1n) is 16.1. The second kappa shape index (κ2) is 13.3. The Morgan fingerprint density at radius 3 is 2.38 bits per heavy atom. The molecule has 1 atom stereocenters. The van der Waals surface area contributed by atoms with Crippen molar-refractivity contribution < 1.29 is 25.8 Å². The van der Waals surface area contributed by atoms with Crippen molar-refractivity contribution in [2.24, 2.45) is 0 Å². The van der Waals surface area contributed by atoms with Gasteiger partial charge in [0.1, 0.15) is 5.82 Å². The summed E-state index contributed by atoms with van der Waals surface area (Å²) >= 11 is 0. The normalized spacial score (nSPS) is 12.0. The molecule has 6 heteroatoms. The number of benzene rings is 4. The van der Waals surface area contributed by atoms with E-state index < -0.39 is 0 Å². The predicted octanol–water partition coefficient (Wildman–Crippen LogP) is 10.4. The Kier molecular flexibility index (Phi) is 9.21. The smallest absolute Gasteiger partial charge is 0.509 e. The number of hydrogen-bond donors (Lipinski definition) is 0. The Hall–Kier alpha value is -4.47. The molecule has 0 N–H and O–H groups in total. The van der Waals surface area contributed by atoms with E-state index in [-0.39, 0.29) is 21.1 Å². The molecule has 0 saturated carbocycles. The molecule has 3 aromatic heterocycles. The van der Waals surface area contributed by atoms with Crippen LogP contribution in [-0.4, -0.2) is 19.3 Å². The maximum atomic E-state index is 6.56. The van der Waals surface area contributed by atoms with Crippen LogP contribution in [0.2, 0.25) is 0 Å². The largest absolute Gasteiger partial charge is 2.00 e. The second-order valence-corrected chi connectivity index (χ2v) is 12.2. The fraction of sp³-hybridized carbons (Fsp3) is 0.220. The number of pyridine rings is 1. The van der Waals surface area contributed by atoms with Crippen LogP contribution in [0, 0.1) is 32.9 Å². The molecule has 0 aliphatic heterocycles. The average Bonchev–Trinajstić information content (AvgIpc) is 3.56. The molecule has 0 bridgehead atoms. The summed E-state index contributed by atoms with van der Waals surface area (Å²) < 4.78 is 10.7. The van der Waals surface area contributed by atoms with E-state index in [0.29, 0.717) is 17.4 Å². The van der Waals surface area contributed by atoms with Gasteiger partial charge in [0.15, 0.2) is 0 Å². The number of aromatic nitrogens is 4. The quantitative estimate of drug-likeness (QED) is 0.144. The Morgan fingerprint density at radius 2 is 1.64 bits per heavy atom. The van der Waals surface area contributed by atoms with Crippen LogP contribution in [0.3, 0.4) is 0 Å². The van der Waals surface area contributed by atoms with Crippen LogP contribution in [0.1, 0.15) is 61.2 Å². The Bertz CT molecular complexity index is 2210. The third-order valence-electron chi connectivity index (χ3n) is 9.08. The zero-order chi connectivity index (χ0) is 31.9. The maximum absolute atomic E-state index is 6.56. The van der Waals surface area contributed by atoms with E-state index in [1.807, 2.05) is 29.1 Å². The van der Waals surface area contributed by atoms with Gasteiger partial charge in [0.2, 0.25) is 0 Å². The molecule has 0 spiro atoms. The molecular weight excluding hydrogens is 760 g/mol. The van der Waals surface area contributed by atoms with Crippen molar-refractivity contribution in [3.63, 3.8) is 0 Å². The SMILES string of the molecule is CCc1cc(Oc2[c-]c3c(cc2)c2cc(C(C)CC)ccc2n3-c2cc(C)ccn2)[c-]c(-n2nc(C)c(-c3ccccc3)c2C)c1.[Pt+2]. The van der Waals surface area contributed by atoms with Gasteiger partial charge in [-0.05, 0) is 79.1 Å². The number of ether oxygens (including phenoxy) is 1. The summed E-state index contributed by atoms with van der Waals surface area (Å²) in [5.41, 5.74) is 10.9. The minimum absolute atomic E-state index is 0. The standard InChI is InChI=1S/C41H38N4O.Pt/c1-7-27(4)32-14-17-38-37(23-32)36-16-15-34(25-39(36)44(38)40-20-26(3)18-19-42-40)46-35-22-30(8-2)21-33(24-35)45-29(6)41(28(5)43-45)31-12-10-9-11-13-31;/h9-23,27H,7-8H2,1-6H3;/q-2;+2. The molecule has 0 aliphatic carbocycles. The zero-order valence-corrected chi connectivity index (χ0v) is 29.9. The number of aryl methyl sites for hydroxylation is 3. The van der Waals surface area contributed by atoms with Crippen LogP contribution in [-0.2, 0) is 27.5 Å². The minimum Gasteiger partial charge on any atom is -0.509 e. The third kappa shape index (κ3) is 6.05. The van der Waals surface area contributed by atoms with Crippen molar-refractivity contribution in [3.05, 3.63) is 131 Å². The van der Waals surface area contributed by atoms with Crippen LogP contribution in [0.25, 0.3) is 44.4 Å². The van der Waals surface area contributed by atoms with Gasteiger partial charge in [-0.1, -0.05) is 75.2 Å². The second-order valence-electron chi connectivity index (χ2n) is 12.2. The first kappa shape index (κ1) is 32.5. The number of fused-ring (bicyclic) bond motifs is 3. The van der Waals surface area contributed by atoms with E-state index in [1.54, 1.807) is 0 Å². The molecule has 5 nitrogen and oxygen atoms in total. The van der Waals surface area contributed by atoms with E-state index >= 15 is 0 Å². The summed E-state index contributed by atoms with van der Waals surface area (Å²) in [7, 11) is 0. The fourth-order valence-corrected chi connectivity index (χ4v) is 6.40. The van der Waals surface area contributed by atoms with Crippen molar-refractivity contribution in [2.75, 3.05) is 0 Å². The van der Waals surface area contributed by atoms with Crippen molar-refractivity contribution >= 4 is 21.8 Å². The molecule has 7 rings (SSSR count). The van der Waals surface area contributed by atoms with E-state index in [1.165, 1.54) is 10.9 Å². The van der Waals surface area contributed by atoms with Crippen molar-refractivity contribution in [1.29, 1.82) is 0 Å². The first-order chi connectivity index (χ1) is 22.3. The van der Waals surface area contributed by atoms with Gasteiger partial charge in [-0.3, -0.25) is 4.68 Å². The van der Waals surface area contributed by atoms with E-state index in [9.17, 15) is 0 Å². The molecular formula is C41H38N4OPt. The van der Waals surface area contributed by atoms with Crippen molar-refractivity contribution in [3.8, 4) is 34.1 Å². The first-order valence-corrected chi connectivity index (χ1v) is 16.1. The van der Waals surface area contributed by atoms with Crippen molar-refractivity contribution in [1.82, 2.24) is 19.3 Å². The Balaban J connectivity index is 0.00000386. The van der Waals surface area contributed by atoms with Gasteiger partial charge in [0, 0.05) is 34.5 Å². The summed E-state index contributed by atoms with van der Waals surface area (Å²) in [5, 5.41) is 7.25. The van der Waals surface area contributed by atoms with Gasteiger partial charge in [0.05, 0.1) is 5.69 Å². The zero-order valence-electron chi connectivity index (χ0n) is 27.7.